The van der Waals surface area contributed by atoms with Crippen LogP contribution < -0.4 is 11.1 Å². The summed E-state index contributed by atoms with van der Waals surface area (Å²) >= 11 is 0. The minimum absolute atomic E-state index is 0.118. The van der Waals surface area contributed by atoms with Crippen LogP contribution in [0, 0.1) is 0 Å². The predicted octanol–water partition coefficient (Wildman–Crippen LogP) is 0.226. The molecule has 0 aliphatic rings. The molecule has 0 aromatic carbocycles. The molecule has 0 bridgehead atoms. The molecule has 90 valence electrons. The zero-order valence-electron chi connectivity index (χ0n) is 9.74. The van der Waals surface area contributed by atoms with Crippen molar-refractivity contribution in [2.24, 2.45) is 0 Å². The van der Waals surface area contributed by atoms with Gasteiger partial charge in [0.1, 0.15) is 0 Å². The molecule has 6 heteroatoms. The van der Waals surface area contributed by atoms with Crippen LogP contribution >= 0.6 is 0 Å². The third-order valence-corrected chi connectivity index (χ3v) is 2.28. The van der Waals surface area contributed by atoms with Crippen LogP contribution in [0.4, 0.5) is 5.69 Å². The number of H-pyrrole nitrogens is 1. The predicted molar refractivity (Wildman–Crippen MR) is 61.1 cm³/mol. The van der Waals surface area contributed by atoms with Crippen molar-refractivity contribution in [3.63, 3.8) is 0 Å². The standard InChI is InChI=1S/C10H18N4O2/c1-5(2)8-7(11)9(14-13-8)10(16)12-6(3)4-15/h5-6,15H,4,11H2,1-3H3,(H,12,16)(H,13,14). The van der Waals surface area contributed by atoms with E-state index < -0.39 is 0 Å². The summed E-state index contributed by atoms with van der Waals surface area (Å²) < 4.78 is 0. The maximum atomic E-state index is 11.7. The number of carbonyl (C=O) groups is 1. The van der Waals surface area contributed by atoms with Crippen LogP contribution in [0.25, 0.3) is 0 Å². The molecule has 1 aromatic heterocycles. The smallest absolute Gasteiger partial charge is 0.274 e. The van der Waals surface area contributed by atoms with Gasteiger partial charge in [0.15, 0.2) is 5.69 Å². The first-order valence-electron chi connectivity index (χ1n) is 5.22. The van der Waals surface area contributed by atoms with Crippen LogP contribution in [-0.2, 0) is 0 Å². The fourth-order valence-electron chi connectivity index (χ4n) is 1.32. The number of carbonyl (C=O) groups excluding carboxylic acids is 1. The van der Waals surface area contributed by atoms with E-state index in [9.17, 15) is 4.79 Å². The highest BCUT2D eigenvalue weighted by atomic mass is 16.3. The normalized spacial score (nSPS) is 12.8. The van der Waals surface area contributed by atoms with E-state index in [2.05, 4.69) is 15.5 Å². The molecule has 0 saturated heterocycles. The van der Waals surface area contributed by atoms with Crippen LogP contribution in [0.2, 0.25) is 0 Å². The SMILES string of the molecule is CC(CO)NC(=O)c1n[nH]c(C(C)C)c1N. The lowest BCUT2D eigenvalue weighted by Gasteiger charge is -2.09. The highest BCUT2D eigenvalue weighted by Gasteiger charge is 2.19. The number of aromatic amines is 1. The summed E-state index contributed by atoms with van der Waals surface area (Å²) in [4.78, 5) is 11.7. The summed E-state index contributed by atoms with van der Waals surface area (Å²) in [6, 6.07) is -0.314. The number of nitrogens with zero attached hydrogens (tertiary/aromatic N) is 1. The third kappa shape index (κ3) is 2.52. The average Bonchev–Trinajstić information content (AvgIpc) is 2.59. The molecule has 0 saturated carbocycles. The largest absolute Gasteiger partial charge is 0.395 e. The van der Waals surface area contributed by atoms with Crippen molar-refractivity contribution in [2.45, 2.75) is 32.7 Å². The Morgan fingerprint density at radius 2 is 2.19 bits per heavy atom. The summed E-state index contributed by atoms with van der Waals surface area (Å²) in [5.41, 5.74) is 7.11. The third-order valence-electron chi connectivity index (χ3n) is 2.28. The van der Waals surface area contributed by atoms with Crippen LogP contribution in [0.3, 0.4) is 0 Å². The summed E-state index contributed by atoms with van der Waals surface area (Å²) in [5.74, 6) is -0.188. The van der Waals surface area contributed by atoms with Gasteiger partial charge in [-0.15, -0.1) is 0 Å². The van der Waals surface area contributed by atoms with Crippen molar-refractivity contribution in [2.75, 3.05) is 12.3 Å². The van der Waals surface area contributed by atoms with Gasteiger partial charge in [-0.3, -0.25) is 9.89 Å². The Bertz CT molecular complexity index is 373. The number of hydrogen-bond acceptors (Lipinski definition) is 4. The Hall–Kier alpha value is -1.56. The molecule has 1 aromatic rings. The summed E-state index contributed by atoms with van der Waals surface area (Å²) in [6.45, 7) is 5.50. The number of hydrogen-bond donors (Lipinski definition) is 4. The minimum Gasteiger partial charge on any atom is -0.395 e. The summed E-state index contributed by atoms with van der Waals surface area (Å²) in [6.07, 6.45) is 0. The first-order chi connectivity index (χ1) is 7.47. The number of amides is 1. The molecule has 6 nitrogen and oxygen atoms in total. The van der Waals surface area contributed by atoms with Crippen molar-refractivity contribution < 1.29 is 9.90 Å². The second kappa shape index (κ2) is 4.98. The lowest BCUT2D eigenvalue weighted by molar-refractivity contribution is 0.0918. The van der Waals surface area contributed by atoms with E-state index in [4.69, 9.17) is 10.8 Å². The lowest BCUT2D eigenvalue weighted by atomic mass is 10.1. The second-order valence-corrected chi connectivity index (χ2v) is 4.11. The molecular formula is C10H18N4O2. The van der Waals surface area contributed by atoms with Gasteiger partial charge in [0.25, 0.3) is 5.91 Å². The molecule has 1 atom stereocenters. The molecule has 16 heavy (non-hydrogen) atoms. The lowest BCUT2D eigenvalue weighted by Crippen LogP contribution is -2.35. The first kappa shape index (κ1) is 12.5. The Balaban J connectivity index is 2.85. The molecule has 1 unspecified atom stereocenters. The molecule has 0 spiro atoms. The van der Waals surface area contributed by atoms with Gasteiger partial charge >= 0.3 is 0 Å². The number of rotatable bonds is 4. The Labute approximate surface area is 94.2 Å². The number of aliphatic hydroxyl groups excluding tert-OH is 1. The number of anilines is 1. The van der Waals surface area contributed by atoms with Crippen LogP contribution in [0.15, 0.2) is 0 Å². The quantitative estimate of drug-likeness (QED) is 0.589. The molecule has 1 rings (SSSR count). The fourth-order valence-corrected chi connectivity index (χ4v) is 1.32. The van der Waals surface area contributed by atoms with Crippen molar-refractivity contribution in [3.8, 4) is 0 Å². The molecule has 0 radical (unpaired) electrons. The summed E-state index contributed by atoms with van der Waals surface area (Å²) in [5, 5.41) is 18.0. The maximum Gasteiger partial charge on any atom is 0.274 e. The van der Waals surface area contributed by atoms with Crippen LogP contribution in [0.1, 0.15) is 42.9 Å². The van der Waals surface area contributed by atoms with E-state index in [0.717, 1.165) is 5.69 Å². The zero-order chi connectivity index (χ0) is 12.3. The van der Waals surface area contributed by atoms with Gasteiger partial charge in [0, 0.05) is 6.04 Å². The van der Waals surface area contributed by atoms with Gasteiger partial charge in [-0.1, -0.05) is 13.8 Å². The van der Waals surface area contributed by atoms with Gasteiger partial charge < -0.3 is 16.2 Å². The Morgan fingerprint density at radius 1 is 1.56 bits per heavy atom. The molecule has 0 aliphatic heterocycles. The highest BCUT2D eigenvalue weighted by Crippen LogP contribution is 2.21. The van der Waals surface area contributed by atoms with Crippen molar-refractivity contribution >= 4 is 11.6 Å². The van der Waals surface area contributed by atoms with Crippen LogP contribution in [0.5, 0.6) is 0 Å². The van der Waals surface area contributed by atoms with Crippen molar-refractivity contribution in [3.05, 3.63) is 11.4 Å². The molecule has 1 amide bonds. The van der Waals surface area contributed by atoms with Gasteiger partial charge in [-0.05, 0) is 12.8 Å². The summed E-state index contributed by atoms with van der Waals surface area (Å²) in [7, 11) is 0. The molecular weight excluding hydrogens is 208 g/mol. The van der Waals surface area contributed by atoms with E-state index >= 15 is 0 Å². The number of nitrogens with one attached hydrogen (secondary N) is 2. The van der Waals surface area contributed by atoms with E-state index in [-0.39, 0.29) is 30.2 Å². The number of aromatic nitrogens is 2. The van der Waals surface area contributed by atoms with Gasteiger partial charge in [-0.2, -0.15) is 5.10 Å². The van der Waals surface area contributed by atoms with Crippen molar-refractivity contribution in [1.82, 2.24) is 15.5 Å². The number of nitrogen functional groups attached to an aromatic ring is 1. The van der Waals surface area contributed by atoms with Gasteiger partial charge in [0.2, 0.25) is 0 Å². The van der Waals surface area contributed by atoms with E-state index in [0.29, 0.717) is 5.69 Å². The highest BCUT2D eigenvalue weighted by molar-refractivity contribution is 5.97. The molecule has 0 aliphatic carbocycles. The maximum absolute atomic E-state index is 11.7. The number of aliphatic hydroxyl groups is 1. The number of nitrogens with two attached hydrogens (primary N) is 1. The monoisotopic (exact) mass is 226 g/mol. The van der Waals surface area contributed by atoms with E-state index in [1.165, 1.54) is 0 Å². The fraction of sp³-hybridized carbons (Fsp3) is 0.600. The Morgan fingerprint density at radius 3 is 2.62 bits per heavy atom. The molecule has 1 heterocycles. The second-order valence-electron chi connectivity index (χ2n) is 4.11. The first-order valence-corrected chi connectivity index (χ1v) is 5.22. The average molecular weight is 226 g/mol. The molecule has 5 N–H and O–H groups in total. The van der Waals surface area contributed by atoms with Crippen molar-refractivity contribution in [1.29, 1.82) is 0 Å². The van der Waals surface area contributed by atoms with Gasteiger partial charge in [-0.25, -0.2) is 0 Å². The van der Waals surface area contributed by atoms with E-state index in [1.54, 1.807) is 6.92 Å². The van der Waals surface area contributed by atoms with E-state index in [1.807, 2.05) is 13.8 Å². The van der Waals surface area contributed by atoms with Crippen LogP contribution in [-0.4, -0.2) is 33.9 Å². The minimum atomic E-state index is -0.373. The zero-order valence-corrected chi connectivity index (χ0v) is 9.74. The topological polar surface area (TPSA) is 104 Å². The van der Waals surface area contributed by atoms with Gasteiger partial charge in [0.05, 0.1) is 18.0 Å². The molecule has 0 fully saturated rings. The Kier molecular flexibility index (Phi) is 3.89.